The summed E-state index contributed by atoms with van der Waals surface area (Å²) in [6, 6.07) is 6.47. The zero-order valence-corrected chi connectivity index (χ0v) is 14.8. The number of carbonyl (C=O) groups excluding carboxylic acids is 1. The smallest absolute Gasteiger partial charge is 0.292 e. The van der Waals surface area contributed by atoms with Crippen LogP contribution >= 0.6 is 0 Å². The highest BCUT2D eigenvalue weighted by Gasteiger charge is 2.18. The maximum atomic E-state index is 12.1. The molecule has 0 fully saturated rings. The predicted octanol–water partition coefficient (Wildman–Crippen LogP) is 1.93. The molecular formula is C16H20N4O4S. The second kappa shape index (κ2) is 7.93. The Morgan fingerprint density at radius 2 is 1.92 bits per heavy atom. The van der Waals surface area contributed by atoms with Gasteiger partial charge in [0.05, 0.1) is 4.90 Å². The molecule has 0 spiro atoms. The summed E-state index contributed by atoms with van der Waals surface area (Å²) >= 11 is 0. The largest absolute Gasteiger partial charge is 0.335 e. The first-order chi connectivity index (χ1) is 11.8. The molecule has 0 radical (unpaired) electrons. The molecule has 1 aromatic heterocycles. The van der Waals surface area contributed by atoms with E-state index in [1.165, 1.54) is 12.1 Å². The molecule has 0 atom stereocenters. The van der Waals surface area contributed by atoms with E-state index in [0.717, 1.165) is 12.8 Å². The molecule has 3 N–H and O–H groups in total. The lowest BCUT2D eigenvalue weighted by Crippen LogP contribution is -2.35. The number of amides is 2. The lowest BCUT2D eigenvalue weighted by atomic mass is 10.1. The van der Waals surface area contributed by atoms with E-state index in [1.54, 1.807) is 25.1 Å². The zero-order valence-electron chi connectivity index (χ0n) is 14.0. The molecule has 0 unspecified atom stereocenters. The number of rotatable bonds is 6. The van der Waals surface area contributed by atoms with Gasteiger partial charge in [-0.3, -0.25) is 15.1 Å². The highest BCUT2D eigenvalue weighted by atomic mass is 32.2. The van der Waals surface area contributed by atoms with Crippen molar-refractivity contribution in [1.82, 2.24) is 14.7 Å². The van der Waals surface area contributed by atoms with Crippen LogP contribution in [0.2, 0.25) is 0 Å². The number of hydrogen-bond donors (Lipinski definition) is 3. The summed E-state index contributed by atoms with van der Waals surface area (Å²) in [5, 5.41) is 2.24. The Kier molecular flexibility index (Phi) is 5.92. The van der Waals surface area contributed by atoms with Gasteiger partial charge in [-0.15, -0.1) is 0 Å². The minimum atomic E-state index is -4.00. The lowest BCUT2D eigenvalue weighted by molar-refractivity contribution is 0.256. The summed E-state index contributed by atoms with van der Waals surface area (Å²) in [4.78, 5) is 30.5. The number of H-pyrrole nitrogens is 1. The Labute approximate surface area is 145 Å². The summed E-state index contributed by atoms with van der Waals surface area (Å²) in [6.45, 7) is 3.69. The van der Waals surface area contributed by atoms with Crippen molar-refractivity contribution in [1.29, 1.82) is 0 Å². The van der Waals surface area contributed by atoms with Gasteiger partial charge in [0.2, 0.25) is 5.95 Å². The third-order valence-corrected chi connectivity index (χ3v) is 4.86. The Balaban J connectivity index is 2.12. The zero-order chi connectivity index (χ0) is 18.4. The fourth-order valence-electron chi connectivity index (χ4n) is 2.23. The predicted molar refractivity (Wildman–Crippen MR) is 94.0 cm³/mol. The van der Waals surface area contributed by atoms with Crippen molar-refractivity contribution in [3.05, 3.63) is 51.9 Å². The molecule has 1 heterocycles. The number of anilines is 1. The molecule has 0 aliphatic rings. The van der Waals surface area contributed by atoms with Crippen LogP contribution in [-0.4, -0.2) is 24.4 Å². The summed E-state index contributed by atoms with van der Waals surface area (Å²) in [5.74, 6) is -0.108. The van der Waals surface area contributed by atoms with Gasteiger partial charge >= 0.3 is 6.03 Å². The van der Waals surface area contributed by atoms with Crippen LogP contribution in [-0.2, 0) is 16.4 Å². The van der Waals surface area contributed by atoms with Crippen molar-refractivity contribution < 1.29 is 13.2 Å². The number of urea groups is 1. The van der Waals surface area contributed by atoms with E-state index in [1.807, 2.05) is 11.6 Å². The number of aromatic nitrogens is 2. The second-order valence-corrected chi connectivity index (χ2v) is 7.14. The van der Waals surface area contributed by atoms with Gasteiger partial charge in [-0.05, 0) is 31.9 Å². The molecule has 2 aromatic rings. The normalized spacial score (nSPS) is 11.1. The van der Waals surface area contributed by atoms with Crippen LogP contribution in [0.1, 0.15) is 31.0 Å². The number of unbranched alkanes of at least 4 members (excludes halogenated alkanes) is 1. The van der Waals surface area contributed by atoms with Gasteiger partial charge in [-0.25, -0.2) is 22.9 Å². The third-order valence-electron chi connectivity index (χ3n) is 3.52. The van der Waals surface area contributed by atoms with E-state index in [9.17, 15) is 18.0 Å². The molecule has 9 heteroatoms. The molecule has 25 heavy (non-hydrogen) atoms. The van der Waals surface area contributed by atoms with Crippen LogP contribution in [0.4, 0.5) is 10.7 Å². The molecule has 0 saturated heterocycles. The number of sulfonamides is 1. The van der Waals surface area contributed by atoms with Gasteiger partial charge in [0, 0.05) is 11.3 Å². The van der Waals surface area contributed by atoms with Crippen LogP contribution in [0.15, 0.2) is 40.0 Å². The monoisotopic (exact) mass is 364 g/mol. The second-order valence-electron chi connectivity index (χ2n) is 5.45. The lowest BCUT2D eigenvalue weighted by Gasteiger charge is -2.10. The highest BCUT2D eigenvalue weighted by Crippen LogP contribution is 2.09. The maximum absolute atomic E-state index is 12.1. The number of hydrogen-bond acceptors (Lipinski definition) is 5. The highest BCUT2D eigenvalue weighted by molar-refractivity contribution is 7.90. The fourth-order valence-corrected chi connectivity index (χ4v) is 3.16. The van der Waals surface area contributed by atoms with Crippen LogP contribution in [0.3, 0.4) is 0 Å². The van der Waals surface area contributed by atoms with E-state index in [4.69, 9.17) is 0 Å². The Hall–Kier alpha value is -2.68. The molecular weight excluding hydrogens is 344 g/mol. The minimum Gasteiger partial charge on any atom is -0.292 e. The molecule has 2 amide bonds. The van der Waals surface area contributed by atoms with E-state index in [2.05, 4.69) is 15.3 Å². The average Bonchev–Trinajstić information content (AvgIpc) is 2.54. The van der Waals surface area contributed by atoms with Crippen molar-refractivity contribution in [2.24, 2.45) is 0 Å². The minimum absolute atomic E-state index is 0.0438. The van der Waals surface area contributed by atoms with E-state index in [-0.39, 0.29) is 16.4 Å². The van der Waals surface area contributed by atoms with Crippen LogP contribution in [0.25, 0.3) is 0 Å². The van der Waals surface area contributed by atoms with Gasteiger partial charge in [-0.2, -0.15) is 0 Å². The van der Waals surface area contributed by atoms with Gasteiger partial charge in [-0.1, -0.05) is 31.5 Å². The molecule has 2 rings (SSSR count). The van der Waals surface area contributed by atoms with Crippen molar-refractivity contribution in [2.45, 2.75) is 38.0 Å². The number of aryl methyl sites for hydroxylation is 1. The van der Waals surface area contributed by atoms with Gasteiger partial charge in [0.15, 0.2) is 0 Å². The number of carbonyl (C=O) groups is 1. The van der Waals surface area contributed by atoms with Crippen molar-refractivity contribution in [3.63, 3.8) is 0 Å². The molecule has 0 aliphatic carbocycles. The molecule has 8 nitrogen and oxygen atoms in total. The molecule has 0 saturated carbocycles. The van der Waals surface area contributed by atoms with Gasteiger partial charge < -0.3 is 0 Å². The number of aromatic amines is 1. The number of nitrogens with one attached hydrogen (secondary N) is 3. The Bertz CT molecular complexity index is 907. The van der Waals surface area contributed by atoms with E-state index >= 15 is 0 Å². The van der Waals surface area contributed by atoms with Crippen LogP contribution in [0, 0.1) is 6.92 Å². The quantitative estimate of drug-likeness (QED) is 0.723. The number of nitrogens with zero attached hydrogens (tertiary/aromatic N) is 1. The van der Waals surface area contributed by atoms with Crippen molar-refractivity contribution in [2.75, 3.05) is 5.32 Å². The standard InChI is InChI=1S/C16H20N4O4S/c1-3-4-10-13-11(2)17-15(18-14(13)21)19-16(22)20-25(23,24)12-8-6-5-7-9-12/h5-9H,3-4,10H2,1-2H3,(H3,17,18,19,20,21,22). The topological polar surface area (TPSA) is 121 Å². The van der Waals surface area contributed by atoms with Crippen LogP contribution in [0.5, 0.6) is 0 Å². The first-order valence-corrected chi connectivity index (χ1v) is 9.30. The van der Waals surface area contributed by atoms with Gasteiger partial charge in [0.25, 0.3) is 15.6 Å². The molecule has 0 bridgehead atoms. The maximum Gasteiger partial charge on any atom is 0.335 e. The van der Waals surface area contributed by atoms with Crippen molar-refractivity contribution >= 4 is 22.0 Å². The number of benzene rings is 1. The Morgan fingerprint density at radius 1 is 1.24 bits per heavy atom. The molecule has 134 valence electrons. The Morgan fingerprint density at radius 3 is 2.52 bits per heavy atom. The fraction of sp³-hybridized carbons (Fsp3) is 0.312. The first kappa shape index (κ1) is 18.7. The summed E-state index contributed by atoms with van der Waals surface area (Å²) in [5.41, 5.74) is 0.713. The molecule has 0 aliphatic heterocycles. The van der Waals surface area contributed by atoms with Gasteiger partial charge in [0.1, 0.15) is 0 Å². The third kappa shape index (κ3) is 4.90. The van der Waals surface area contributed by atoms with Crippen molar-refractivity contribution in [3.8, 4) is 0 Å². The SMILES string of the molecule is CCCCc1c(C)nc(NC(=O)NS(=O)(=O)c2ccccc2)[nH]c1=O. The average molecular weight is 364 g/mol. The first-order valence-electron chi connectivity index (χ1n) is 7.82. The molecule has 1 aromatic carbocycles. The summed E-state index contributed by atoms with van der Waals surface area (Å²) in [7, 11) is -4.00. The summed E-state index contributed by atoms with van der Waals surface area (Å²) in [6.07, 6.45) is 2.40. The van der Waals surface area contributed by atoms with E-state index < -0.39 is 16.1 Å². The summed E-state index contributed by atoms with van der Waals surface area (Å²) < 4.78 is 26.0. The van der Waals surface area contributed by atoms with E-state index in [0.29, 0.717) is 17.7 Å². The van der Waals surface area contributed by atoms with Crippen LogP contribution < -0.4 is 15.6 Å².